The molecular weight excluding hydrogens is 645 g/mol. The molecule has 206 valence electrons. The standard InChI is InChI=1S/C29H26IN3O6S/c1-17-4-8-22(12-18(17)2)32-27(35)16-39-23-11-5-19(13-24(23)38-3)14-25-28(36)33(29(37)40-25)15-26(34)31-21-9-6-20(30)7-10-21/h4-14H,15-16H2,1-3H3,(H,31,34)(H,32,35)/b25-14+. The largest absolute Gasteiger partial charge is 0.493 e. The fraction of sp³-hybridized carbons (Fsp3) is 0.172. The molecule has 0 spiro atoms. The molecule has 0 saturated carbocycles. The van der Waals surface area contributed by atoms with Crippen LogP contribution in [0.15, 0.2) is 65.6 Å². The Morgan fingerprint density at radius 3 is 2.30 bits per heavy atom. The van der Waals surface area contributed by atoms with Crippen LogP contribution >= 0.6 is 34.4 Å². The number of carbonyl (C=O) groups excluding carboxylic acids is 4. The number of halogens is 1. The topological polar surface area (TPSA) is 114 Å². The molecule has 4 amide bonds. The van der Waals surface area contributed by atoms with E-state index in [0.29, 0.717) is 28.4 Å². The zero-order valence-electron chi connectivity index (χ0n) is 21.9. The fourth-order valence-corrected chi connectivity index (χ4v) is 4.92. The van der Waals surface area contributed by atoms with Gasteiger partial charge in [0.2, 0.25) is 5.91 Å². The van der Waals surface area contributed by atoms with E-state index in [1.54, 1.807) is 36.4 Å². The molecular formula is C29H26IN3O6S. The van der Waals surface area contributed by atoms with Crippen LogP contribution in [0.5, 0.6) is 11.5 Å². The number of hydrogen-bond donors (Lipinski definition) is 2. The second-order valence-corrected chi connectivity index (χ2v) is 11.1. The summed E-state index contributed by atoms with van der Waals surface area (Å²) < 4.78 is 12.1. The number of nitrogens with zero attached hydrogens (tertiary/aromatic N) is 1. The third-order valence-corrected chi connectivity index (χ3v) is 7.56. The minimum atomic E-state index is -0.560. The highest BCUT2D eigenvalue weighted by molar-refractivity contribution is 14.1. The molecule has 1 aliphatic rings. The van der Waals surface area contributed by atoms with E-state index in [9.17, 15) is 19.2 Å². The summed E-state index contributed by atoms with van der Waals surface area (Å²) in [5.74, 6) is -0.669. The summed E-state index contributed by atoms with van der Waals surface area (Å²) >= 11 is 2.91. The van der Waals surface area contributed by atoms with Crippen molar-refractivity contribution in [2.75, 3.05) is 30.9 Å². The van der Waals surface area contributed by atoms with Gasteiger partial charge in [-0.3, -0.25) is 24.1 Å². The van der Waals surface area contributed by atoms with Crippen LogP contribution in [0.1, 0.15) is 16.7 Å². The number of thioether (sulfide) groups is 1. The second kappa shape index (κ2) is 13.0. The number of carbonyl (C=O) groups is 4. The first kappa shape index (κ1) is 29.2. The van der Waals surface area contributed by atoms with Gasteiger partial charge in [-0.2, -0.15) is 0 Å². The average Bonchev–Trinajstić information content (AvgIpc) is 3.18. The van der Waals surface area contributed by atoms with Gasteiger partial charge in [0.25, 0.3) is 17.1 Å². The van der Waals surface area contributed by atoms with Gasteiger partial charge >= 0.3 is 0 Å². The Balaban J connectivity index is 1.37. The van der Waals surface area contributed by atoms with Gasteiger partial charge in [0.05, 0.1) is 12.0 Å². The van der Waals surface area contributed by atoms with Gasteiger partial charge in [-0.05, 0) is 119 Å². The van der Waals surface area contributed by atoms with Crippen LogP contribution in [-0.4, -0.2) is 48.1 Å². The first-order chi connectivity index (χ1) is 19.1. The molecule has 2 N–H and O–H groups in total. The minimum absolute atomic E-state index is 0.176. The number of amides is 4. The van der Waals surface area contributed by atoms with Crippen molar-refractivity contribution in [1.29, 1.82) is 0 Å². The third-order valence-electron chi connectivity index (χ3n) is 5.94. The Labute approximate surface area is 249 Å². The van der Waals surface area contributed by atoms with Crippen LogP contribution in [0, 0.1) is 17.4 Å². The molecule has 0 radical (unpaired) electrons. The Morgan fingerprint density at radius 2 is 1.60 bits per heavy atom. The normalized spacial score (nSPS) is 13.9. The molecule has 0 aliphatic carbocycles. The van der Waals surface area contributed by atoms with E-state index >= 15 is 0 Å². The lowest BCUT2D eigenvalue weighted by Gasteiger charge is -2.13. The lowest BCUT2D eigenvalue weighted by atomic mass is 10.1. The molecule has 3 aromatic rings. The Hall–Kier alpha value is -3.84. The molecule has 11 heteroatoms. The molecule has 1 saturated heterocycles. The predicted octanol–water partition coefficient (Wildman–Crippen LogP) is 5.61. The van der Waals surface area contributed by atoms with Crippen LogP contribution in [0.2, 0.25) is 0 Å². The first-order valence-corrected chi connectivity index (χ1v) is 14.0. The highest BCUT2D eigenvalue weighted by Gasteiger charge is 2.36. The number of nitrogens with one attached hydrogen (secondary N) is 2. The van der Waals surface area contributed by atoms with E-state index < -0.39 is 23.6 Å². The molecule has 1 heterocycles. The van der Waals surface area contributed by atoms with Crippen molar-refractivity contribution < 1.29 is 28.7 Å². The number of imide groups is 1. The Morgan fingerprint density at radius 1 is 0.900 bits per heavy atom. The smallest absolute Gasteiger partial charge is 0.294 e. The third kappa shape index (κ3) is 7.42. The summed E-state index contributed by atoms with van der Waals surface area (Å²) in [6, 6.07) is 17.7. The van der Waals surface area contributed by atoms with Crippen LogP contribution in [0.4, 0.5) is 16.2 Å². The van der Waals surface area contributed by atoms with E-state index in [4.69, 9.17) is 9.47 Å². The number of aryl methyl sites for hydroxylation is 2. The van der Waals surface area contributed by atoms with Crippen molar-refractivity contribution in [1.82, 2.24) is 4.90 Å². The summed E-state index contributed by atoms with van der Waals surface area (Å²) in [5.41, 5.74) is 4.04. The summed E-state index contributed by atoms with van der Waals surface area (Å²) in [7, 11) is 1.46. The summed E-state index contributed by atoms with van der Waals surface area (Å²) in [6.07, 6.45) is 1.54. The van der Waals surface area contributed by atoms with E-state index in [1.165, 1.54) is 7.11 Å². The number of ether oxygens (including phenoxy) is 2. The van der Waals surface area contributed by atoms with E-state index in [2.05, 4.69) is 33.2 Å². The van der Waals surface area contributed by atoms with Gasteiger partial charge in [0.15, 0.2) is 18.1 Å². The number of benzene rings is 3. The number of anilines is 2. The first-order valence-electron chi connectivity index (χ1n) is 12.1. The minimum Gasteiger partial charge on any atom is -0.493 e. The van der Waals surface area contributed by atoms with Crippen molar-refractivity contribution in [2.45, 2.75) is 13.8 Å². The average molecular weight is 672 g/mol. The van der Waals surface area contributed by atoms with Gasteiger partial charge < -0.3 is 20.1 Å². The van der Waals surface area contributed by atoms with Crippen LogP contribution in [0.3, 0.4) is 0 Å². The summed E-state index contributed by atoms with van der Waals surface area (Å²) in [5, 5.41) is 4.95. The number of methoxy groups -OCH3 is 1. The van der Waals surface area contributed by atoms with Crippen molar-refractivity contribution in [3.8, 4) is 11.5 Å². The monoisotopic (exact) mass is 671 g/mol. The quantitative estimate of drug-likeness (QED) is 0.225. The zero-order chi connectivity index (χ0) is 28.8. The van der Waals surface area contributed by atoms with E-state index in [1.807, 2.05) is 44.2 Å². The molecule has 0 aromatic heterocycles. The van der Waals surface area contributed by atoms with Crippen LogP contribution < -0.4 is 20.1 Å². The van der Waals surface area contributed by atoms with Gasteiger partial charge in [-0.25, -0.2) is 0 Å². The van der Waals surface area contributed by atoms with Crippen LogP contribution in [0.25, 0.3) is 6.08 Å². The SMILES string of the molecule is COc1cc(/C=C2/SC(=O)N(CC(=O)Nc3ccc(I)cc3)C2=O)ccc1OCC(=O)Nc1ccc(C)c(C)c1. The Bertz CT molecular complexity index is 1510. The Kier molecular flexibility index (Phi) is 9.48. The molecule has 40 heavy (non-hydrogen) atoms. The van der Waals surface area contributed by atoms with Gasteiger partial charge in [-0.1, -0.05) is 12.1 Å². The molecule has 4 rings (SSSR count). The lowest BCUT2D eigenvalue weighted by Crippen LogP contribution is -2.36. The molecule has 0 bridgehead atoms. The van der Waals surface area contributed by atoms with Crippen molar-refractivity contribution in [3.63, 3.8) is 0 Å². The molecule has 1 fully saturated rings. The van der Waals surface area contributed by atoms with Gasteiger partial charge in [-0.15, -0.1) is 0 Å². The van der Waals surface area contributed by atoms with Gasteiger partial charge in [0, 0.05) is 14.9 Å². The van der Waals surface area contributed by atoms with Crippen molar-refractivity contribution >= 4 is 74.8 Å². The lowest BCUT2D eigenvalue weighted by molar-refractivity contribution is -0.127. The van der Waals surface area contributed by atoms with Crippen LogP contribution in [-0.2, 0) is 14.4 Å². The highest BCUT2D eigenvalue weighted by Crippen LogP contribution is 2.34. The zero-order valence-corrected chi connectivity index (χ0v) is 24.9. The highest BCUT2D eigenvalue weighted by atomic mass is 127. The van der Waals surface area contributed by atoms with E-state index in [-0.39, 0.29) is 17.4 Å². The number of hydrogen-bond acceptors (Lipinski definition) is 7. The fourth-order valence-electron chi connectivity index (χ4n) is 3.72. The van der Waals surface area contributed by atoms with Gasteiger partial charge in [0.1, 0.15) is 6.54 Å². The second-order valence-electron chi connectivity index (χ2n) is 8.87. The molecule has 0 atom stereocenters. The maximum atomic E-state index is 12.9. The molecule has 0 unspecified atom stereocenters. The maximum absolute atomic E-state index is 12.9. The predicted molar refractivity (Wildman–Crippen MR) is 164 cm³/mol. The summed E-state index contributed by atoms with van der Waals surface area (Å²) in [6.45, 7) is 3.34. The molecule has 1 aliphatic heterocycles. The molecule has 3 aromatic carbocycles. The molecule has 9 nitrogen and oxygen atoms in total. The maximum Gasteiger partial charge on any atom is 0.294 e. The van der Waals surface area contributed by atoms with Crippen molar-refractivity contribution in [3.05, 3.63) is 85.8 Å². The summed E-state index contributed by atoms with van der Waals surface area (Å²) in [4.78, 5) is 51.2. The number of rotatable bonds is 9. The van der Waals surface area contributed by atoms with E-state index in [0.717, 1.165) is 31.4 Å². The van der Waals surface area contributed by atoms with Crippen molar-refractivity contribution in [2.24, 2.45) is 0 Å².